The van der Waals surface area contributed by atoms with Crippen molar-refractivity contribution in [2.75, 3.05) is 0 Å². The molecule has 0 N–H and O–H groups in total. The third kappa shape index (κ3) is 2.31. The van der Waals surface area contributed by atoms with Crippen LogP contribution in [0.3, 0.4) is 0 Å². The summed E-state index contributed by atoms with van der Waals surface area (Å²) in [5, 5.41) is -0.0601. The zero-order valence-electron chi connectivity index (χ0n) is 8.35. The van der Waals surface area contributed by atoms with Crippen LogP contribution in [0, 0.1) is 11.6 Å². The van der Waals surface area contributed by atoms with Crippen LogP contribution >= 0.6 is 11.6 Å². The Balaban J connectivity index is 2.30. The van der Waals surface area contributed by atoms with Crippen LogP contribution in [0.15, 0.2) is 18.2 Å². The predicted octanol–water partition coefficient (Wildman–Crippen LogP) is 4.23. The summed E-state index contributed by atoms with van der Waals surface area (Å²) >= 11 is 6.15. The van der Waals surface area contributed by atoms with Crippen molar-refractivity contribution in [2.45, 2.75) is 37.0 Å². The molecule has 1 aromatic rings. The summed E-state index contributed by atoms with van der Waals surface area (Å²) < 4.78 is 26.5. The minimum absolute atomic E-state index is 0.0314. The molecule has 82 valence electrons. The van der Waals surface area contributed by atoms with Gasteiger partial charge in [-0.2, -0.15) is 0 Å². The van der Waals surface area contributed by atoms with Gasteiger partial charge in [0, 0.05) is 11.3 Å². The first-order chi connectivity index (χ1) is 7.18. The van der Waals surface area contributed by atoms with E-state index in [-0.39, 0.29) is 22.9 Å². The van der Waals surface area contributed by atoms with Crippen LogP contribution in [0.25, 0.3) is 0 Å². The summed E-state index contributed by atoms with van der Waals surface area (Å²) in [6, 6.07) is 3.61. The maximum atomic E-state index is 13.5. The first kappa shape index (κ1) is 10.9. The van der Waals surface area contributed by atoms with E-state index in [1.807, 2.05) is 0 Å². The summed E-state index contributed by atoms with van der Waals surface area (Å²) in [5.41, 5.74) is 0.440. The van der Waals surface area contributed by atoms with Crippen molar-refractivity contribution in [3.63, 3.8) is 0 Å². The highest BCUT2D eigenvalue weighted by molar-refractivity contribution is 6.21. The van der Waals surface area contributed by atoms with Crippen LogP contribution < -0.4 is 0 Å². The zero-order chi connectivity index (χ0) is 10.8. The number of hydrogen-bond donors (Lipinski definition) is 0. The molecule has 0 saturated heterocycles. The second-order valence-electron chi connectivity index (χ2n) is 4.07. The van der Waals surface area contributed by atoms with E-state index in [0.717, 1.165) is 31.7 Å². The van der Waals surface area contributed by atoms with Crippen LogP contribution in [0.2, 0.25) is 0 Å². The fourth-order valence-electron chi connectivity index (χ4n) is 2.23. The summed E-state index contributed by atoms with van der Waals surface area (Å²) in [6.07, 6.45) is 3.88. The minimum atomic E-state index is -0.388. The molecule has 3 heteroatoms. The number of alkyl halides is 1. The highest BCUT2D eigenvalue weighted by atomic mass is 35.5. The average molecular weight is 231 g/mol. The Kier molecular flexibility index (Phi) is 3.25. The molecule has 1 aliphatic rings. The molecule has 1 fully saturated rings. The molecule has 0 aliphatic heterocycles. The summed E-state index contributed by atoms with van der Waals surface area (Å²) in [4.78, 5) is 0. The lowest BCUT2D eigenvalue weighted by Gasteiger charge is -2.27. The van der Waals surface area contributed by atoms with Crippen LogP contribution in [0.4, 0.5) is 8.78 Å². The molecule has 1 aliphatic carbocycles. The van der Waals surface area contributed by atoms with E-state index in [2.05, 4.69) is 0 Å². The highest BCUT2D eigenvalue weighted by Crippen LogP contribution is 2.37. The quantitative estimate of drug-likeness (QED) is 0.634. The van der Waals surface area contributed by atoms with E-state index in [1.54, 1.807) is 0 Å². The molecule has 0 nitrogen and oxygen atoms in total. The highest BCUT2D eigenvalue weighted by Gasteiger charge is 2.27. The molecular weight excluding hydrogens is 218 g/mol. The van der Waals surface area contributed by atoms with Gasteiger partial charge in [-0.3, -0.25) is 0 Å². The van der Waals surface area contributed by atoms with E-state index < -0.39 is 0 Å². The summed E-state index contributed by atoms with van der Waals surface area (Å²) in [5.74, 6) is -0.758. The SMILES string of the molecule is Fc1ccc(F)c(C2CCCCC2Cl)c1. The Morgan fingerprint density at radius 1 is 1.13 bits per heavy atom. The maximum absolute atomic E-state index is 13.5. The van der Waals surface area contributed by atoms with Gasteiger partial charge in [0.15, 0.2) is 0 Å². The fourth-order valence-corrected chi connectivity index (χ4v) is 2.65. The lowest BCUT2D eigenvalue weighted by atomic mass is 9.83. The fraction of sp³-hybridized carbons (Fsp3) is 0.500. The molecule has 0 aromatic heterocycles. The monoisotopic (exact) mass is 230 g/mol. The van der Waals surface area contributed by atoms with Crippen LogP contribution in [0.1, 0.15) is 37.2 Å². The predicted molar refractivity (Wildman–Crippen MR) is 57.2 cm³/mol. The van der Waals surface area contributed by atoms with Gasteiger partial charge in [-0.1, -0.05) is 12.8 Å². The second-order valence-corrected chi connectivity index (χ2v) is 4.63. The summed E-state index contributed by atoms with van der Waals surface area (Å²) in [7, 11) is 0. The van der Waals surface area contributed by atoms with E-state index in [0.29, 0.717) is 5.56 Å². The van der Waals surface area contributed by atoms with E-state index in [1.165, 1.54) is 12.1 Å². The minimum Gasteiger partial charge on any atom is -0.207 e. The lowest BCUT2D eigenvalue weighted by molar-refractivity contribution is 0.433. The van der Waals surface area contributed by atoms with Gasteiger partial charge in [0.2, 0.25) is 0 Å². The molecule has 0 spiro atoms. The van der Waals surface area contributed by atoms with Crippen molar-refractivity contribution < 1.29 is 8.78 Å². The van der Waals surface area contributed by atoms with Crippen LogP contribution in [-0.4, -0.2) is 5.38 Å². The van der Waals surface area contributed by atoms with E-state index >= 15 is 0 Å². The molecule has 1 saturated carbocycles. The smallest absolute Gasteiger partial charge is 0.126 e. The first-order valence-corrected chi connectivity index (χ1v) is 5.71. The van der Waals surface area contributed by atoms with Crippen molar-refractivity contribution in [1.82, 2.24) is 0 Å². The lowest BCUT2D eigenvalue weighted by Crippen LogP contribution is -2.19. The zero-order valence-corrected chi connectivity index (χ0v) is 9.11. The Morgan fingerprint density at radius 3 is 2.60 bits per heavy atom. The molecule has 2 atom stereocenters. The van der Waals surface area contributed by atoms with Gasteiger partial charge in [-0.05, 0) is 36.6 Å². The van der Waals surface area contributed by atoms with Crippen molar-refractivity contribution >= 4 is 11.6 Å². The molecule has 0 bridgehead atoms. The molecule has 0 heterocycles. The molecule has 1 aromatic carbocycles. The van der Waals surface area contributed by atoms with Crippen molar-refractivity contribution in [1.29, 1.82) is 0 Å². The third-order valence-corrected chi connectivity index (χ3v) is 3.56. The molecule has 15 heavy (non-hydrogen) atoms. The second kappa shape index (κ2) is 4.48. The summed E-state index contributed by atoms with van der Waals surface area (Å²) in [6.45, 7) is 0. The van der Waals surface area contributed by atoms with Crippen molar-refractivity contribution in [2.24, 2.45) is 0 Å². The topological polar surface area (TPSA) is 0 Å². The van der Waals surface area contributed by atoms with Gasteiger partial charge in [-0.15, -0.1) is 11.6 Å². The average Bonchev–Trinajstić information content (AvgIpc) is 2.23. The molecule has 0 amide bonds. The molecule has 2 rings (SSSR count). The van der Waals surface area contributed by atoms with Gasteiger partial charge in [0.25, 0.3) is 0 Å². The maximum Gasteiger partial charge on any atom is 0.126 e. The van der Waals surface area contributed by atoms with Gasteiger partial charge in [0.1, 0.15) is 11.6 Å². The van der Waals surface area contributed by atoms with Gasteiger partial charge < -0.3 is 0 Å². The van der Waals surface area contributed by atoms with Crippen molar-refractivity contribution in [3.8, 4) is 0 Å². The largest absolute Gasteiger partial charge is 0.207 e. The third-order valence-electron chi connectivity index (χ3n) is 3.04. The van der Waals surface area contributed by atoms with Gasteiger partial charge >= 0.3 is 0 Å². The van der Waals surface area contributed by atoms with Crippen LogP contribution in [0.5, 0.6) is 0 Å². The Hall–Kier alpha value is -0.630. The van der Waals surface area contributed by atoms with Crippen LogP contribution in [-0.2, 0) is 0 Å². The molecular formula is C12H13ClF2. The van der Waals surface area contributed by atoms with Gasteiger partial charge in [0.05, 0.1) is 0 Å². The number of benzene rings is 1. The molecule has 2 unspecified atom stereocenters. The number of hydrogen-bond acceptors (Lipinski definition) is 0. The van der Waals surface area contributed by atoms with E-state index in [4.69, 9.17) is 11.6 Å². The number of halogens is 3. The van der Waals surface area contributed by atoms with Crippen molar-refractivity contribution in [3.05, 3.63) is 35.4 Å². The normalized spacial score (nSPS) is 26.6. The Labute approximate surface area is 93.2 Å². The van der Waals surface area contributed by atoms with Gasteiger partial charge in [-0.25, -0.2) is 8.78 Å². The Bertz CT molecular complexity index is 351. The first-order valence-electron chi connectivity index (χ1n) is 5.27. The standard InChI is InChI=1S/C12H13ClF2/c13-11-4-2-1-3-9(11)10-7-8(14)5-6-12(10)15/h5-7,9,11H,1-4H2. The number of rotatable bonds is 1. The van der Waals surface area contributed by atoms with E-state index in [9.17, 15) is 8.78 Å². The Morgan fingerprint density at radius 2 is 1.87 bits per heavy atom. The molecule has 0 radical (unpaired) electrons.